The first kappa shape index (κ1) is 29.3. The molecular formula is C27H31Cl2F2N3O3. The van der Waals surface area contributed by atoms with Crippen LogP contribution in [0.15, 0.2) is 36.4 Å². The summed E-state index contributed by atoms with van der Waals surface area (Å²) in [5.41, 5.74) is -1.76. The first-order valence-corrected chi connectivity index (χ1v) is 12.7. The lowest BCUT2D eigenvalue weighted by atomic mass is 9.62. The van der Waals surface area contributed by atoms with Gasteiger partial charge in [0, 0.05) is 29.1 Å². The van der Waals surface area contributed by atoms with Crippen LogP contribution in [0.25, 0.3) is 0 Å². The predicted octanol–water partition coefficient (Wildman–Crippen LogP) is 4.45. The number of carbonyl (C=O) groups is 1. The number of nitriles is 1. The summed E-state index contributed by atoms with van der Waals surface area (Å²) in [5, 5.41) is 35.4. The highest BCUT2D eigenvalue weighted by Gasteiger charge is 2.60. The maximum absolute atomic E-state index is 15.5. The average Bonchev–Trinajstić information content (AvgIpc) is 3.14. The topological polar surface area (TPSA) is 105 Å². The van der Waals surface area contributed by atoms with Crippen LogP contribution in [0.3, 0.4) is 0 Å². The number of halogens is 4. The van der Waals surface area contributed by atoms with Gasteiger partial charge < -0.3 is 20.8 Å². The SMILES string of the molecule is CC(C)(C)CC1NC(C(=O)NCC[C@H](O)CO)C(c2cccc(Cl)c2)C1(C#N)c1cc(F)c(Cl)cc1F. The van der Waals surface area contributed by atoms with Gasteiger partial charge in [0.05, 0.1) is 29.8 Å². The Morgan fingerprint density at radius 1 is 1.24 bits per heavy atom. The lowest BCUT2D eigenvalue weighted by molar-refractivity contribution is -0.123. The Morgan fingerprint density at radius 2 is 1.95 bits per heavy atom. The standard InChI is InChI=1S/C27H31Cl2F2N3O3/c1-26(2,3)12-22-27(14-32,18-10-21(31)19(29)11-20(18)30)23(15-5-4-6-16(28)9-15)24(34-22)25(37)33-8-7-17(36)13-35/h4-6,9-11,17,22-24,34-36H,7-8,12-13H2,1-3H3,(H,33,37)/t17-,22?,23?,24?,27?/m0/s1. The number of aliphatic hydroxyl groups is 2. The Hall–Kier alpha value is -2.28. The molecule has 3 rings (SSSR count). The van der Waals surface area contributed by atoms with E-state index in [0.717, 1.165) is 12.1 Å². The quantitative estimate of drug-likeness (QED) is 0.361. The van der Waals surface area contributed by atoms with E-state index < -0.39 is 58.7 Å². The van der Waals surface area contributed by atoms with Gasteiger partial charge in [0.15, 0.2) is 0 Å². The van der Waals surface area contributed by atoms with E-state index in [1.54, 1.807) is 24.3 Å². The van der Waals surface area contributed by atoms with Crippen LogP contribution in [0.5, 0.6) is 0 Å². The molecule has 1 fully saturated rings. The molecule has 5 atom stereocenters. The summed E-state index contributed by atoms with van der Waals surface area (Å²) < 4.78 is 30.3. The second-order valence-electron chi connectivity index (χ2n) is 10.6. The molecule has 0 spiro atoms. The van der Waals surface area contributed by atoms with Crippen LogP contribution in [0.4, 0.5) is 8.78 Å². The van der Waals surface area contributed by atoms with Gasteiger partial charge in [-0.2, -0.15) is 5.26 Å². The van der Waals surface area contributed by atoms with Gasteiger partial charge >= 0.3 is 0 Å². The number of hydrogen-bond acceptors (Lipinski definition) is 5. The third-order valence-electron chi connectivity index (χ3n) is 6.69. The highest BCUT2D eigenvalue weighted by molar-refractivity contribution is 6.31. The summed E-state index contributed by atoms with van der Waals surface area (Å²) in [6.45, 7) is 5.47. The largest absolute Gasteiger partial charge is 0.394 e. The minimum Gasteiger partial charge on any atom is -0.394 e. The molecule has 0 saturated carbocycles. The zero-order chi connectivity index (χ0) is 27.5. The van der Waals surface area contributed by atoms with E-state index in [-0.39, 0.29) is 23.9 Å². The molecule has 0 radical (unpaired) electrons. The van der Waals surface area contributed by atoms with Crippen molar-refractivity contribution in [2.45, 2.75) is 63.1 Å². The molecule has 1 amide bonds. The number of amides is 1. The van der Waals surface area contributed by atoms with Crippen molar-refractivity contribution in [3.8, 4) is 6.07 Å². The first-order valence-electron chi connectivity index (χ1n) is 12.0. The Bertz CT molecular complexity index is 1180. The normalized spacial score (nSPS) is 24.5. The maximum atomic E-state index is 15.5. The molecule has 0 bridgehead atoms. The molecular weight excluding hydrogens is 523 g/mol. The second-order valence-corrected chi connectivity index (χ2v) is 11.5. The number of rotatable bonds is 8. The highest BCUT2D eigenvalue weighted by Crippen LogP contribution is 2.52. The maximum Gasteiger partial charge on any atom is 0.237 e. The molecule has 1 heterocycles. The highest BCUT2D eigenvalue weighted by atomic mass is 35.5. The van der Waals surface area contributed by atoms with Crippen molar-refractivity contribution in [1.82, 2.24) is 10.6 Å². The van der Waals surface area contributed by atoms with E-state index >= 15 is 4.39 Å². The van der Waals surface area contributed by atoms with E-state index in [1.165, 1.54) is 0 Å². The fraction of sp³-hybridized carbons (Fsp3) is 0.481. The first-order chi connectivity index (χ1) is 17.3. The lowest BCUT2D eigenvalue weighted by Crippen LogP contribution is -2.46. The molecule has 6 nitrogen and oxygen atoms in total. The summed E-state index contributed by atoms with van der Waals surface area (Å²) in [6.07, 6.45) is -0.532. The van der Waals surface area contributed by atoms with Crippen molar-refractivity contribution in [3.05, 3.63) is 69.2 Å². The van der Waals surface area contributed by atoms with Crippen molar-refractivity contribution in [3.63, 3.8) is 0 Å². The summed E-state index contributed by atoms with van der Waals surface area (Å²) in [7, 11) is 0. The van der Waals surface area contributed by atoms with Gasteiger partial charge in [-0.1, -0.05) is 56.1 Å². The Kier molecular flexibility index (Phi) is 9.20. The number of hydrogen-bond donors (Lipinski definition) is 4. The van der Waals surface area contributed by atoms with Gasteiger partial charge in [0.2, 0.25) is 5.91 Å². The van der Waals surface area contributed by atoms with Crippen molar-refractivity contribution in [1.29, 1.82) is 5.26 Å². The molecule has 0 aromatic heterocycles. The molecule has 2 aromatic carbocycles. The number of nitrogens with one attached hydrogen (secondary N) is 2. The van der Waals surface area contributed by atoms with Crippen LogP contribution in [0, 0.1) is 28.4 Å². The van der Waals surface area contributed by atoms with E-state index in [2.05, 4.69) is 16.7 Å². The van der Waals surface area contributed by atoms with Crippen molar-refractivity contribution in [2.75, 3.05) is 13.2 Å². The zero-order valence-electron chi connectivity index (χ0n) is 20.9. The van der Waals surface area contributed by atoms with Gasteiger partial charge in [0.1, 0.15) is 17.0 Å². The fourth-order valence-corrected chi connectivity index (χ4v) is 5.45. The van der Waals surface area contributed by atoms with Gasteiger partial charge in [-0.15, -0.1) is 0 Å². The number of benzene rings is 2. The molecule has 200 valence electrons. The zero-order valence-corrected chi connectivity index (χ0v) is 22.4. The molecule has 10 heteroatoms. The molecule has 1 saturated heterocycles. The molecule has 0 aliphatic carbocycles. The molecule has 37 heavy (non-hydrogen) atoms. The Balaban J connectivity index is 2.23. The Labute approximate surface area is 225 Å². The fourth-order valence-electron chi connectivity index (χ4n) is 5.10. The number of aliphatic hydroxyl groups excluding tert-OH is 2. The Morgan fingerprint density at radius 3 is 2.54 bits per heavy atom. The van der Waals surface area contributed by atoms with Gasteiger partial charge in [-0.25, -0.2) is 8.78 Å². The average molecular weight is 554 g/mol. The minimum atomic E-state index is -1.71. The third-order valence-corrected chi connectivity index (χ3v) is 7.21. The van der Waals surface area contributed by atoms with Crippen LogP contribution in [0.1, 0.15) is 50.7 Å². The number of carbonyl (C=O) groups excluding carboxylic acids is 1. The minimum absolute atomic E-state index is 0.0639. The monoisotopic (exact) mass is 553 g/mol. The van der Waals surface area contributed by atoms with Crippen molar-refractivity contribution >= 4 is 29.1 Å². The van der Waals surface area contributed by atoms with Crippen LogP contribution in [-0.2, 0) is 10.2 Å². The summed E-state index contributed by atoms with van der Waals surface area (Å²) in [6, 6.07) is 8.91. The van der Waals surface area contributed by atoms with Crippen LogP contribution < -0.4 is 10.6 Å². The van der Waals surface area contributed by atoms with E-state index in [4.69, 9.17) is 28.3 Å². The summed E-state index contributed by atoms with van der Waals surface area (Å²) in [4.78, 5) is 13.5. The van der Waals surface area contributed by atoms with Crippen molar-refractivity contribution in [2.24, 2.45) is 5.41 Å². The third kappa shape index (κ3) is 6.24. The van der Waals surface area contributed by atoms with Gasteiger partial charge in [-0.05, 0) is 48.1 Å². The van der Waals surface area contributed by atoms with E-state index in [0.29, 0.717) is 17.0 Å². The molecule has 1 aliphatic heterocycles. The molecule has 1 aliphatic rings. The van der Waals surface area contributed by atoms with Crippen LogP contribution in [0.2, 0.25) is 10.0 Å². The predicted molar refractivity (Wildman–Crippen MR) is 138 cm³/mol. The van der Waals surface area contributed by atoms with Crippen LogP contribution in [-0.4, -0.2) is 47.5 Å². The second kappa shape index (κ2) is 11.6. The van der Waals surface area contributed by atoms with Crippen LogP contribution >= 0.6 is 23.2 Å². The van der Waals surface area contributed by atoms with Gasteiger partial charge in [0.25, 0.3) is 0 Å². The molecule has 4 unspecified atom stereocenters. The van der Waals surface area contributed by atoms with E-state index in [1.807, 2.05) is 20.8 Å². The summed E-state index contributed by atoms with van der Waals surface area (Å²) in [5.74, 6) is -3.17. The smallest absolute Gasteiger partial charge is 0.237 e. The number of nitrogens with zero attached hydrogens (tertiary/aromatic N) is 1. The van der Waals surface area contributed by atoms with Gasteiger partial charge in [-0.3, -0.25) is 4.79 Å². The molecule has 4 N–H and O–H groups in total. The summed E-state index contributed by atoms with van der Waals surface area (Å²) >= 11 is 12.1. The van der Waals surface area contributed by atoms with Crippen molar-refractivity contribution < 1.29 is 23.8 Å². The molecule has 2 aromatic rings. The lowest BCUT2D eigenvalue weighted by Gasteiger charge is -2.37. The van der Waals surface area contributed by atoms with E-state index in [9.17, 15) is 19.6 Å².